The van der Waals surface area contributed by atoms with Gasteiger partial charge in [0, 0.05) is 24.5 Å². The normalized spacial score (nSPS) is 17.7. The molecule has 0 fully saturated rings. The third-order valence-electron chi connectivity index (χ3n) is 3.90. The van der Waals surface area contributed by atoms with Crippen LogP contribution in [0.2, 0.25) is 0 Å². The maximum absolute atomic E-state index is 5.85. The first-order chi connectivity index (χ1) is 9.22. The smallest absolute Gasteiger partial charge is 0.0543 e. The third kappa shape index (κ3) is 2.61. The number of benzene rings is 1. The van der Waals surface area contributed by atoms with Gasteiger partial charge in [0.1, 0.15) is 0 Å². The quantitative estimate of drug-likeness (QED) is 0.853. The largest absolute Gasteiger partial charge is 0.399 e. The molecule has 1 aromatic carbocycles. The van der Waals surface area contributed by atoms with Crippen LogP contribution in [0.5, 0.6) is 0 Å². The van der Waals surface area contributed by atoms with Gasteiger partial charge in [0.25, 0.3) is 0 Å². The Kier molecular flexibility index (Phi) is 3.22. The highest BCUT2D eigenvalue weighted by molar-refractivity contribution is 5.47. The van der Waals surface area contributed by atoms with Crippen LogP contribution in [0.3, 0.4) is 0 Å². The Bertz CT molecular complexity index is 565. The number of anilines is 1. The first-order valence-electron chi connectivity index (χ1n) is 6.70. The molecule has 3 heteroatoms. The molecule has 3 rings (SSSR count). The molecule has 1 unspecified atom stereocenters. The minimum atomic E-state index is 0.554. The number of hydrogen-bond donors (Lipinski definition) is 1. The van der Waals surface area contributed by atoms with Gasteiger partial charge in [-0.1, -0.05) is 12.1 Å². The van der Waals surface area contributed by atoms with E-state index in [2.05, 4.69) is 35.1 Å². The predicted molar refractivity (Wildman–Crippen MR) is 77.8 cm³/mol. The Balaban J connectivity index is 1.69. The number of fused-ring (bicyclic) bond motifs is 1. The Hall–Kier alpha value is -1.87. The fourth-order valence-corrected chi connectivity index (χ4v) is 2.80. The number of aromatic nitrogens is 1. The van der Waals surface area contributed by atoms with E-state index in [0.717, 1.165) is 30.8 Å². The summed E-state index contributed by atoms with van der Waals surface area (Å²) in [7, 11) is 2.18. The second kappa shape index (κ2) is 5.02. The molecule has 0 spiro atoms. The summed E-state index contributed by atoms with van der Waals surface area (Å²) in [4.78, 5) is 6.78. The lowest BCUT2D eigenvalue weighted by Gasteiger charge is -2.23. The number of rotatable bonds is 3. The van der Waals surface area contributed by atoms with Crippen molar-refractivity contribution in [2.24, 2.45) is 0 Å². The summed E-state index contributed by atoms with van der Waals surface area (Å²) in [6, 6.07) is 12.9. The minimum Gasteiger partial charge on any atom is -0.399 e. The minimum absolute atomic E-state index is 0.554. The fourth-order valence-electron chi connectivity index (χ4n) is 2.80. The van der Waals surface area contributed by atoms with Crippen LogP contribution < -0.4 is 5.73 Å². The molecule has 1 heterocycles. The molecular formula is C16H19N3. The van der Waals surface area contributed by atoms with E-state index in [4.69, 9.17) is 5.73 Å². The van der Waals surface area contributed by atoms with E-state index in [1.807, 2.05) is 24.4 Å². The zero-order valence-electron chi connectivity index (χ0n) is 11.2. The average Bonchev–Trinajstić information content (AvgIpc) is 2.83. The monoisotopic (exact) mass is 253 g/mol. The molecule has 0 saturated heterocycles. The maximum Gasteiger partial charge on any atom is 0.0543 e. The van der Waals surface area contributed by atoms with Crippen molar-refractivity contribution in [2.75, 3.05) is 12.8 Å². The molecule has 2 aromatic rings. The lowest BCUT2D eigenvalue weighted by Crippen LogP contribution is -2.31. The lowest BCUT2D eigenvalue weighted by atomic mass is 10.1. The van der Waals surface area contributed by atoms with Gasteiger partial charge in [0.05, 0.1) is 5.69 Å². The highest BCUT2D eigenvalue weighted by Crippen LogP contribution is 2.27. The summed E-state index contributed by atoms with van der Waals surface area (Å²) in [6.45, 7) is 0.898. The molecule has 2 N–H and O–H groups in total. The van der Waals surface area contributed by atoms with Gasteiger partial charge in [-0.3, -0.25) is 9.88 Å². The van der Waals surface area contributed by atoms with Crippen LogP contribution in [0.1, 0.15) is 16.8 Å². The van der Waals surface area contributed by atoms with E-state index >= 15 is 0 Å². The van der Waals surface area contributed by atoms with Crippen molar-refractivity contribution in [1.82, 2.24) is 9.88 Å². The number of pyridine rings is 1. The predicted octanol–water partition coefficient (Wildman–Crippen LogP) is 2.26. The topological polar surface area (TPSA) is 42.2 Å². The second-order valence-corrected chi connectivity index (χ2v) is 5.33. The summed E-state index contributed by atoms with van der Waals surface area (Å²) in [5.74, 6) is 0. The fraction of sp³-hybridized carbons (Fsp3) is 0.312. The van der Waals surface area contributed by atoms with Gasteiger partial charge in [-0.25, -0.2) is 0 Å². The lowest BCUT2D eigenvalue weighted by molar-refractivity contribution is 0.238. The van der Waals surface area contributed by atoms with E-state index < -0.39 is 0 Å². The molecule has 1 atom stereocenters. The van der Waals surface area contributed by atoms with Gasteiger partial charge in [-0.15, -0.1) is 0 Å². The average molecular weight is 253 g/mol. The van der Waals surface area contributed by atoms with Crippen molar-refractivity contribution >= 4 is 5.69 Å². The van der Waals surface area contributed by atoms with Crippen LogP contribution in [0, 0.1) is 0 Å². The van der Waals surface area contributed by atoms with Crippen LogP contribution in [0.15, 0.2) is 42.6 Å². The molecule has 0 radical (unpaired) electrons. The van der Waals surface area contributed by atoms with Gasteiger partial charge in [0.2, 0.25) is 0 Å². The van der Waals surface area contributed by atoms with Crippen molar-refractivity contribution in [2.45, 2.75) is 25.4 Å². The highest BCUT2D eigenvalue weighted by atomic mass is 15.1. The summed E-state index contributed by atoms with van der Waals surface area (Å²) < 4.78 is 0. The van der Waals surface area contributed by atoms with Gasteiger partial charge in [-0.2, -0.15) is 0 Å². The van der Waals surface area contributed by atoms with Crippen LogP contribution in [-0.2, 0) is 19.4 Å². The number of nitrogens with two attached hydrogens (primary N) is 1. The Labute approximate surface area is 114 Å². The van der Waals surface area contributed by atoms with E-state index in [0.29, 0.717) is 6.04 Å². The van der Waals surface area contributed by atoms with Gasteiger partial charge >= 0.3 is 0 Å². The van der Waals surface area contributed by atoms with Crippen molar-refractivity contribution in [3.05, 3.63) is 59.4 Å². The molecule has 0 bridgehead atoms. The molecule has 1 aromatic heterocycles. The molecular weight excluding hydrogens is 234 g/mol. The van der Waals surface area contributed by atoms with E-state index in [9.17, 15) is 0 Å². The van der Waals surface area contributed by atoms with Crippen molar-refractivity contribution < 1.29 is 0 Å². The number of likely N-dealkylation sites (N-methyl/N-ethyl adjacent to an activating group) is 1. The molecule has 0 saturated carbocycles. The zero-order chi connectivity index (χ0) is 13.2. The van der Waals surface area contributed by atoms with Gasteiger partial charge < -0.3 is 5.73 Å². The van der Waals surface area contributed by atoms with E-state index in [1.54, 1.807) is 0 Å². The van der Waals surface area contributed by atoms with Crippen LogP contribution in [0.25, 0.3) is 0 Å². The zero-order valence-corrected chi connectivity index (χ0v) is 11.2. The molecule has 1 aliphatic rings. The molecule has 1 aliphatic carbocycles. The van der Waals surface area contributed by atoms with Gasteiger partial charge in [0.15, 0.2) is 0 Å². The second-order valence-electron chi connectivity index (χ2n) is 5.33. The van der Waals surface area contributed by atoms with Crippen molar-refractivity contribution in [1.29, 1.82) is 0 Å². The van der Waals surface area contributed by atoms with E-state index in [1.165, 1.54) is 11.1 Å². The Morgan fingerprint density at radius 3 is 2.84 bits per heavy atom. The Morgan fingerprint density at radius 2 is 2.05 bits per heavy atom. The maximum atomic E-state index is 5.85. The van der Waals surface area contributed by atoms with Crippen LogP contribution in [-0.4, -0.2) is 23.0 Å². The highest BCUT2D eigenvalue weighted by Gasteiger charge is 2.24. The van der Waals surface area contributed by atoms with Crippen LogP contribution in [0.4, 0.5) is 5.69 Å². The Morgan fingerprint density at radius 1 is 1.21 bits per heavy atom. The SMILES string of the molecule is CN(Cc1ccccn1)C1Cc2ccc(N)cc2C1. The molecule has 98 valence electrons. The summed E-state index contributed by atoms with van der Waals surface area (Å²) in [5.41, 5.74) is 10.7. The number of nitrogen functional groups attached to an aromatic ring is 1. The molecule has 0 aliphatic heterocycles. The summed E-state index contributed by atoms with van der Waals surface area (Å²) in [5, 5.41) is 0. The first-order valence-corrected chi connectivity index (χ1v) is 6.70. The van der Waals surface area contributed by atoms with E-state index in [-0.39, 0.29) is 0 Å². The van der Waals surface area contributed by atoms with Crippen molar-refractivity contribution in [3.63, 3.8) is 0 Å². The third-order valence-corrected chi connectivity index (χ3v) is 3.90. The molecule has 3 nitrogen and oxygen atoms in total. The first kappa shape index (κ1) is 12.2. The van der Waals surface area contributed by atoms with Crippen LogP contribution >= 0.6 is 0 Å². The standard InChI is InChI=1S/C16H19N3/c1-19(11-15-4-2-3-7-18-15)16-9-12-5-6-14(17)8-13(12)10-16/h2-8,16H,9-11,17H2,1H3. The summed E-state index contributed by atoms with van der Waals surface area (Å²) >= 11 is 0. The number of hydrogen-bond acceptors (Lipinski definition) is 3. The molecule has 19 heavy (non-hydrogen) atoms. The molecule has 0 amide bonds. The summed E-state index contributed by atoms with van der Waals surface area (Å²) in [6.07, 6.45) is 4.05. The van der Waals surface area contributed by atoms with Crippen molar-refractivity contribution in [3.8, 4) is 0 Å². The number of nitrogens with zero attached hydrogens (tertiary/aromatic N) is 2. The van der Waals surface area contributed by atoms with Gasteiger partial charge in [-0.05, 0) is 55.3 Å².